The Labute approximate surface area is 213 Å². The molecule has 1 atom stereocenters. The molecule has 3 heterocycles. The standard InChI is InChI=1S/C24H22ClF2N5S.C2H6/c1-14-13-31(11-12-32(14)22-20-23(30-24(25)29-22)33-15(2)28-20)21(16-3-7-18(26)8-4-16)17-5-9-19(27)10-6-17;1-2/h3-10,14,21H,11-13H2,1-2H3;1-2H3. The highest BCUT2D eigenvalue weighted by Crippen LogP contribution is 2.34. The number of nitrogens with zero attached hydrogens (tertiary/aromatic N) is 5. The Bertz CT molecular complexity index is 1230. The van der Waals surface area contributed by atoms with Gasteiger partial charge in [-0.25, -0.2) is 18.7 Å². The largest absolute Gasteiger partial charge is 0.349 e. The highest BCUT2D eigenvalue weighted by Gasteiger charge is 2.32. The monoisotopic (exact) mass is 515 g/mol. The lowest BCUT2D eigenvalue weighted by Gasteiger charge is -2.44. The van der Waals surface area contributed by atoms with Crippen molar-refractivity contribution in [3.8, 4) is 0 Å². The number of benzene rings is 2. The summed E-state index contributed by atoms with van der Waals surface area (Å²) in [5.74, 6) is 0.192. The molecule has 1 fully saturated rings. The third-order valence-corrected chi connectivity index (χ3v) is 7.02. The molecule has 5 nitrogen and oxygen atoms in total. The van der Waals surface area contributed by atoms with Gasteiger partial charge in [-0.2, -0.15) is 4.98 Å². The van der Waals surface area contributed by atoms with Crippen LogP contribution < -0.4 is 4.90 Å². The topological polar surface area (TPSA) is 45.2 Å². The molecule has 184 valence electrons. The minimum Gasteiger partial charge on any atom is -0.349 e. The summed E-state index contributed by atoms with van der Waals surface area (Å²) < 4.78 is 27.2. The Balaban J connectivity index is 0.00000141. The maximum atomic E-state index is 13.6. The molecule has 1 unspecified atom stereocenters. The number of piperazine rings is 1. The zero-order chi connectivity index (χ0) is 25.1. The summed E-state index contributed by atoms with van der Waals surface area (Å²) in [4.78, 5) is 18.8. The Morgan fingerprint density at radius 1 is 0.914 bits per heavy atom. The summed E-state index contributed by atoms with van der Waals surface area (Å²) in [6, 6.07) is 13.1. The van der Waals surface area contributed by atoms with E-state index < -0.39 is 0 Å². The second-order valence-corrected chi connectivity index (χ2v) is 9.77. The van der Waals surface area contributed by atoms with E-state index in [0.717, 1.165) is 45.4 Å². The summed E-state index contributed by atoms with van der Waals surface area (Å²) in [6.07, 6.45) is 0. The van der Waals surface area contributed by atoms with E-state index in [1.807, 2.05) is 20.8 Å². The number of hydrogen-bond acceptors (Lipinski definition) is 6. The van der Waals surface area contributed by atoms with Crippen LogP contribution in [-0.4, -0.2) is 45.5 Å². The summed E-state index contributed by atoms with van der Waals surface area (Å²) in [5.41, 5.74) is 2.70. The first-order chi connectivity index (χ1) is 16.9. The number of rotatable bonds is 4. The Hall–Kier alpha value is -2.68. The van der Waals surface area contributed by atoms with Crippen molar-refractivity contribution in [1.82, 2.24) is 19.9 Å². The first-order valence-corrected chi connectivity index (χ1v) is 12.9. The number of halogens is 3. The fourth-order valence-corrected chi connectivity index (χ4v) is 5.52. The van der Waals surface area contributed by atoms with Gasteiger partial charge in [0.25, 0.3) is 0 Å². The van der Waals surface area contributed by atoms with Gasteiger partial charge in [0, 0.05) is 25.7 Å². The maximum absolute atomic E-state index is 13.6. The second kappa shape index (κ2) is 10.9. The molecular weight excluding hydrogens is 488 g/mol. The summed E-state index contributed by atoms with van der Waals surface area (Å²) in [5, 5.41) is 1.13. The number of thiazole rings is 1. The van der Waals surface area contributed by atoms with Crippen molar-refractivity contribution in [1.29, 1.82) is 0 Å². The van der Waals surface area contributed by atoms with Crippen molar-refractivity contribution >= 4 is 39.1 Å². The molecular formula is C26H28ClF2N5S. The molecule has 0 radical (unpaired) electrons. The van der Waals surface area contributed by atoms with Crippen LogP contribution in [0.15, 0.2) is 48.5 Å². The zero-order valence-corrected chi connectivity index (χ0v) is 21.7. The quantitative estimate of drug-likeness (QED) is 0.285. The van der Waals surface area contributed by atoms with Crippen LogP contribution >= 0.6 is 22.9 Å². The molecule has 0 spiro atoms. The molecule has 2 aromatic heterocycles. The van der Waals surface area contributed by atoms with E-state index in [9.17, 15) is 8.78 Å². The van der Waals surface area contributed by atoms with Crippen LogP contribution in [-0.2, 0) is 0 Å². The van der Waals surface area contributed by atoms with Gasteiger partial charge in [0.1, 0.15) is 17.2 Å². The Kier molecular flexibility index (Phi) is 7.94. The average molecular weight is 516 g/mol. The summed E-state index contributed by atoms with van der Waals surface area (Å²) in [7, 11) is 0. The van der Waals surface area contributed by atoms with Gasteiger partial charge in [0.05, 0.1) is 11.0 Å². The van der Waals surface area contributed by atoms with E-state index in [0.29, 0.717) is 6.54 Å². The fourth-order valence-electron chi connectivity index (χ4n) is 4.53. The van der Waals surface area contributed by atoms with Crippen LogP contribution in [0.2, 0.25) is 5.28 Å². The Morgan fingerprint density at radius 2 is 1.49 bits per heavy atom. The lowest BCUT2D eigenvalue weighted by atomic mass is 9.95. The van der Waals surface area contributed by atoms with E-state index in [4.69, 9.17) is 11.6 Å². The predicted molar refractivity (Wildman–Crippen MR) is 139 cm³/mol. The normalized spacial score (nSPS) is 16.5. The number of aryl methyl sites for hydroxylation is 1. The van der Waals surface area contributed by atoms with Gasteiger partial charge in [-0.05, 0) is 60.8 Å². The van der Waals surface area contributed by atoms with E-state index in [1.165, 1.54) is 35.6 Å². The van der Waals surface area contributed by atoms with Crippen LogP contribution in [0.1, 0.15) is 42.9 Å². The molecule has 9 heteroatoms. The van der Waals surface area contributed by atoms with Gasteiger partial charge in [0.2, 0.25) is 5.28 Å². The van der Waals surface area contributed by atoms with E-state index in [1.54, 1.807) is 24.3 Å². The lowest BCUT2D eigenvalue weighted by molar-refractivity contribution is 0.187. The van der Waals surface area contributed by atoms with Crippen molar-refractivity contribution in [2.45, 2.75) is 39.8 Å². The van der Waals surface area contributed by atoms with E-state index in [-0.39, 0.29) is 29.0 Å². The minimum absolute atomic E-state index is 0.110. The van der Waals surface area contributed by atoms with E-state index in [2.05, 4.69) is 31.7 Å². The second-order valence-electron chi connectivity index (χ2n) is 8.25. The lowest BCUT2D eigenvalue weighted by Crippen LogP contribution is -2.53. The third kappa shape index (κ3) is 5.44. The highest BCUT2D eigenvalue weighted by molar-refractivity contribution is 7.18. The van der Waals surface area contributed by atoms with Gasteiger partial charge in [-0.1, -0.05) is 49.4 Å². The van der Waals surface area contributed by atoms with Crippen molar-refractivity contribution < 1.29 is 8.78 Å². The number of anilines is 1. The zero-order valence-electron chi connectivity index (χ0n) is 20.2. The van der Waals surface area contributed by atoms with Crippen molar-refractivity contribution in [2.75, 3.05) is 24.5 Å². The molecule has 0 amide bonds. The van der Waals surface area contributed by atoms with Crippen molar-refractivity contribution in [3.05, 3.63) is 81.6 Å². The maximum Gasteiger partial charge on any atom is 0.225 e. The van der Waals surface area contributed by atoms with Crippen molar-refractivity contribution in [2.24, 2.45) is 0 Å². The van der Waals surface area contributed by atoms with E-state index >= 15 is 0 Å². The van der Waals surface area contributed by atoms with Gasteiger partial charge >= 0.3 is 0 Å². The van der Waals surface area contributed by atoms with Crippen LogP contribution in [0.3, 0.4) is 0 Å². The van der Waals surface area contributed by atoms with Gasteiger partial charge in [-0.3, -0.25) is 4.90 Å². The van der Waals surface area contributed by atoms with Crippen LogP contribution in [0, 0.1) is 18.6 Å². The van der Waals surface area contributed by atoms with Gasteiger partial charge in [-0.15, -0.1) is 0 Å². The average Bonchev–Trinajstić information content (AvgIpc) is 3.22. The van der Waals surface area contributed by atoms with Crippen molar-refractivity contribution in [3.63, 3.8) is 0 Å². The fraction of sp³-hybridized carbons (Fsp3) is 0.346. The molecule has 1 saturated heterocycles. The van der Waals surface area contributed by atoms with Gasteiger partial charge in [0.15, 0.2) is 10.6 Å². The predicted octanol–water partition coefficient (Wildman–Crippen LogP) is 6.65. The number of hydrogen-bond donors (Lipinski definition) is 0. The molecule has 4 aromatic rings. The molecule has 35 heavy (non-hydrogen) atoms. The molecule has 1 aliphatic rings. The Morgan fingerprint density at radius 3 is 2.03 bits per heavy atom. The highest BCUT2D eigenvalue weighted by atomic mass is 35.5. The molecule has 0 bridgehead atoms. The van der Waals surface area contributed by atoms with Crippen LogP contribution in [0.25, 0.3) is 10.3 Å². The molecule has 0 saturated carbocycles. The minimum atomic E-state index is -0.280. The van der Waals surface area contributed by atoms with Gasteiger partial charge < -0.3 is 4.90 Å². The number of fused-ring (bicyclic) bond motifs is 1. The smallest absolute Gasteiger partial charge is 0.225 e. The summed E-state index contributed by atoms with van der Waals surface area (Å²) in [6.45, 7) is 10.3. The molecule has 1 aliphatic heterocycles. The SMILES string of the molecule is CC.Cc1nc2c(N3CCN(C(c4ccc(F)cc4)c4ccc(F)cc4)CC3C)nc(Cl)nc2s1. The molecule has 0 N–H and O–H groups in total. The summed E-state index contributed by atoms with van der Waals surface area (Å²) >= 11 is 7.73. The third-order valence-electron chi connectivity index (χ3n) is 5.99. The van der Waals surface area contributed by atoms with Crippen LogP contribution in [0.4, 0.5) is 14.6 Å². The molecule has 0 aliphatic carbocycles. The molecule has 5 rings (SSSR count). The first-order valence-electron chi connectivity index (χ1n) is 11.7. The number of aromatic nitrogens is 3. The first kappa shape index (κ1) is 25.4. The molecule has 2 aromatic carbocycles. The van der Waals surface area contributed by atoms with Crippen LogP contribution in [0.5, 0.6) is 0 Å².